The van der Waals surface area contributed by atoms with Crippen LogP contribution in [0.25, 0.3) is 0 Å². The summed E-state index contributed by atoms with van der Waals surface area (Å²) in [6, 6.07) is 12.7. The Labute approximate surface area is 127 Å². The number of hydrogen-bond donors (Lipinski definition) is 1. The Morgan fingerprint density at radius 2 is 2.11 bits per heavy atom. The summed E-state index contributed by atoms with van der Waals surface area (Å²) in [6.45, 7) is 3.11. The molecule has 0 amide bonds. The smallest absolute Gasteiger partial charge is 0.105 e. The van der Waals surface area contributed by atoms with Gasteiger partial charge in [-0.05, 0) is 46.7 Å². The number of halogens is 1. The van der Waals surface area contributed by atoms with E-state index in [1.165, 1.54) is 4.90 Å². The van der Waals surface area contributed by atoms with E-state index in [-0.39, 0.29) is 0 Å². The second-order valence-corrected chi connectivity index (χ2v) is 6.20. The molecule has 1 atom stereocenters. The van der Waals surface area contributed by atoms with Crippen LogP contribution in [0, 0.1) is 0 Å². The molecule has 1 aromatic carbocycles. The summed E-state index contributed by atoms with van der Waals surface area (Å²) in [4.78, 5) is 1.28. The van der Waals surface area contributed by atoms with Crippen LogP contribution in [-0.4, -0.2) is 18.3 Å². The highest BCUT2D eigenvalue weighted by atomic mass is 79.9. The number of thioether (sulfide) groups is 1. The first kappa shape index (κ1) is 14.7. The van der Waals surface area contributed by atoms with E-state index in [2.05, 4.69) is 46.4 Å². The molecule has 0 aliphatic heterocycles. The van der Waals surface area contributed by atoms with Crippen LogP contribution in [0.3, 0.4) is 0 Å². The van der Waals surface area contributed by atoms with Crippen LogP contribution in [-0.2, 0) is 6.42 Å². The van der Waals surface area contributed by atoms with Crippen LogP contribution in [0.2, 0.25) is 0 Å². The highest BCUT2D eigenvalue weighted by Crippen LogP contribution is 2.27. The van der Waals surface area contributed by atoms with Crippen molar-refractivity contribution >= 4 is 27.7 Å². The molecule has 0 fully saturated rings. The van der Waals surface area contributed by atoms with Crippen molar-refractivity contribution in [1.29, 1.82) is 0 Å². The summed E-state index contributed by atoms with van der Waals surface area (Å²) in [5, 5.41) is 3.51. The van der Waals surface area contributed by atoms with Crippen molar-refractivity contribution < 1.29 is 4.42 Å². The van der Waals surface area contributed by atoms with Gasteiger partial charge in [-0.2, -0.15) is 0 Å². The topological polar surface area (TPSA) is 25.2 Å². The predicted molar refractivity (Wildman–Crippen MR) is 84.7 cm³/mol. The monoisotopic (exact) mass is 339 g/mol. The van der Waals surface area contributed by atoms with Gasteiger partial charge in [-0.15, -0.1) is 11.8 Å². The molecular weight excluding hydrogens is 322 g/mol. The average Bonchev–Trinajstić information content (AvgIpc) is 2.91. The van der Waals surface area contributed by atoms with Crippen molar-refractivity contribution in [2.24, 2.45) is 0 Å². The third-order valence-electron chi connectivity index (χ3n) is 2.80. The predicted octanol–water partition coefficient (Wildman–Crippen LogP) is 4.36. The highest BCUT2D eigenvalue weighted by molar-refractivity contribution is 9.10. The molecule has 1 unspecified atom stereocenters. The van der Waals surface area contributed by atoms with Gasteiger partial charge < -0.3 is 9.73 Å². The lowest BCUT2D eigenvalue weighted by Crippen LogP contribution is -2.33. The molecule has 0 saturated carbocycles. The van der Waals surface area contributed by atoms with E-state index in [4.69, 9.17) is 4.42 Å². The van der Waals surface area contributed by atoms with Crippen LogP contribution in [0.1, 0.15) is 12.7 Å². The maximum absolute atomic E-state index is 5.43. The normalized spacial score (nSPS) is 12.5. The Morgan fingerprint density at radius 3 is 2.79 bits per heavy atom. The Bertz CT molecular complexity index is 487. The van der Waals surface area contributed by atoms with Gasteiger partial charge in [0.2, 0.25) is 0 Å². The first-order valence-electron chi connectivity index (χ1n) is 6.42. The van der Waals surface area contributed by atoms with Gasteiger partial charge in [0.1, 0.15) is 5.76 Å². The zero-order valence-electron chi connectivity index (χ0n) is 10.9. The summed E-state index contributed by atoms with van der Waals surface area (Å²) >= 11 is 5.45. The number of furan rings is 1. The Hall–Kier alpha value is -0.710. The summed E-state index contributed by atoms with van der Waals surface area (Å²) in [7, 11) is 0. The van der Waals surface area contributed by atoms with Gasteiger partial charge in [0.05, 0.1) is 6.26 Å². The number of benzene rings is 1. The number of likely N-dealkylation sites (N-methyl/N-ethyl adjacent to an activating group) is 1. The van der Waals surface area contributed by atoms with Crippen LogP contribution < -0.4 is 5.32 Å². The Kier molecular flexibility index (Phi) is 6.01. The van der Waals surface area contributed by atoms with Gasteiger partial charge in [0.25, 0.3) is 0 Å². The fourth-order valence-corrected chi connectivity index (χ4v) is 3.53. The number of nitrogens with one attached hydrogen (secondary N) is 1. The first-order chi connectivity index (χ1) is 9.29. The summed E-state index contributed by atoms with van der Waals surface area (Å²) in [5.74, 6) is 2.07. The van der Waals surface area contributed by atoms with Gasteiger partial charge in [-0.25, -0.2) is 0 Å². The van der Waals surface area contributed by atoms with E-state index >= 15 is 0 Å². The molecule has 0 spiro atoms. The maximum Gasteiger partial charge on any atom is 0.105 e. The molecule has 0 saturated heterocycles. The first-order valence-corrected chi connectivity index (χ1v) is 8.20. The van der Waals surface area contributed by atoms with Gasteiger partial charge in [0.15, 0.2) is 0 Å². The minimum Gasteiger partial charge on any atom is -0.469 e. The molecular formula is C15H18BrNOS. The maximum atomic E-state index is 5.43. The standard InChI is InChI=1S/C15H18BrNOS/c1-2-17-12(10-13-6-5-9-18-13)11-19-15-8-4-3-7-14(15)16/h3-9,12,17H,2,10-11H2,1H3. The van der Waals surface area contributed by atoms with Crippen molar-refractivity contribution in [3.05, 3.63) is 52.9 Å². The molecule has 19 heavy (non-hydrogen) atoms. The van der Waals surface area contributed by atoms with E-state index in [1.54, 1.807) is 6.26 Å². The minimum atomic E-state index is 0.424. The molecule has 102 valence electrons. The van der Waals surface area contributed by atoms with Crippen molar-refractivity contribution in [2.75, 3.05) is 12.3 Å². The Balaban J connectivity index is 1.91. The highest BCUT2D eigenvalue weighted by Gasteiger charge is 2.11. The quantitative estimate of drug-likeness (QED) is 0.759. The van der Waals surface area contributed by atoms with Gasteiger partial charge in [-0.1, -0.05) is 19.1 Å². The van der Waals surface area contributed by atoms with E-state index in [1.807, 2.05) is 30.0 Å². The van der Waals surface area contributed by atoms with Crippen molar-refractivity contribution in [3.8, 4) is 0 Å². The van der Waals surface area contributed by atoms with Crippen LogP contribution in [0.4, 0.5) is 0 Å². The van der Waals surface area contributed by atoms with E-state index in [9.17, 15) is 0 Å². The fourth-order valence-electron chi connectivity index (χ4n) is 1.90. The lowest BCUT2D eigenvalue weighted by molar-refractivity contribution is 0.465. The summed E-state index contributed by atoms with van der Waals surface area (Å²) in [5.41, 5.74) is 0. The van der Waals surface area contributed by atoms with E-state index in [0.29, 0.717) is 6.04 Å². The van der Waals surface area contributed by atoms with E-state index < -0.39 is 0 Å². The molecule has 2 nitrogen and oxygen atoms in total. The minimum absolute atomic E-state index is 0.424. The second kappa shape index (κ2) is 7.78. The van der Waals surface area contributed by atoms with Crippen molar-refractivity contribution in [3.63, 3.8) is 0 Å². The largest absolute Gasteiger partial charge is 0.469 e. The van der Waals surface area contributed by atoms with Crippen molar-refractivity contribution in [2.45, 2.75) is 24.3 Å². The number of rotatable bonds is 7. The summed E-state index contributed by atoms with van der Waals surface area (Å²) < 4.78 is 6.59. The fraction of sp³-hybridized carbons (Fsp3) is 0.333. The van der Waals surface area contributed by atoms with Gasteiger partial charge in [-0.3, -0.25) is 0 Å². The summed E-state index contributed by atoms with van der Waals surface area (Å²) in [6.07, 6.45) is 2.66. The zero-order valence-corrected chi connectivity index (χ0v) is 13.3. The molecule has 1 N–H and O–H groups in total. The van der Waals surface area contributed by atoms with Crippen LogP contribution >= 0.6 is 27.7 Å². The molecule has 0 aliphatic rings. The van der Waals surface area contributed by atoms with Crippen molar-refractivity contribution in [1.82, 2.24) is 5.32 Å². The third-order valence-corrected chi connectivity index (χ3v) is 4.99. The lowest BCUT2D eigenvalue weighted by Gasteiger charge is -2.16. The molecule has 0 aliphatic carbocycles. The SMILES string of the molecule is CCNC(CSc1ccccc1Br)Cc1ccco1. The molecule has 2 aromatic rings. The second-order valence-electron chi connectivity index (χ2n) is 4.28. The molecule has 1 aromatic heterocycles. The molecule has 0 bridgehead atoms. The van der Waals surface area contributed by atoms with Gasteiger partial charge in [0, 0.05) is 27.6 Å². The van der Waals surface area contributed by atoms with Crippen LogP contribution in [0.5, 0.6) is 0 Å². The van der Waals surface area contributed by atoms with Crippen LogP contribution in [0.15, 0.2) is 56.4 Å². The molecule has 4 heteroatoms. The Morgan fingerprint density at radius 1 is 1.26 bits per heavy atom. The number of hydrogen-bond acceptors (Lipinski definition) is 3. The lowest BCUT2D eigenvalue weighted by atomic mass is 10.2. The van der Waals surface area contributed by atoms with Gasteiger partial charge >= 0.3 is 0 Å². The van der Waals surface area contributed by atoms with E-state index in [0.717, 1.165) is 29.0 Å². The zero-order chi connectivity index (χ0) is 13.5. The molecule has 0 radical (unpaired) electrons. The third kappa shape index (κ3) is 4.71. The molecule has 1 heterocycles. The average molecular weight is 340 g/mol. The molecule has 2 rings (SSSR count).